The Kier molecular flexibility index (Phi) is 5.90. The molecule has 170 valence electrons. The number of nitrogens with zero attached hydrogens (tertiary/aromatic N) is 4. The number of amides is 1. The van der Waals surface area contributed by atoms with Gasteiger partial charge in [-0.1, -0.05) is 12.1 Å². The molecule has 4 aromatic rings. The SMILES string of the molecule is O=C(CCc1cccc(F)c1F)N1CCC(Cn2ccc3nc(-c4cn[nH]c4)ccc32)CC1. The molecule has 1 aliphatic rings. The summed E-state index contributed by atoms with van der Waals surface area (Å²) in [6.45, 7) is 2.27. The van der Waals surface area contributed by atoms with Crippen LogP contribution in [0.5, 0.6) is 0 Å². The van der Waals surface area contributed by atoms with Crippen LogP contribution >= 0.6 is 0 Å². The van der Waals surface area contributed by atoms with Gasteiger partial charge in [-0.15, -0.1) is 0 Å². The van der Waals surface area contributed by atoms with Crippen LogP contribution in [0.1, 0.15) is 24.8 Å². The molecule has 4 heterocycles. The van der Waals surface area contributed by atoms with Crippen molar-refractivity contribution in [1.29, 1.82) is 0 Å². The highest BCUT2D eigenvalue weighted by atomic mass is 19.2. The van der Waals surface area contributed by atoms with Crippen LogP contribution in [-0.4, -0.2) is 43.6 Å². The monoisotopic (exact) mass is 449 g/mol. The lowest BCUT2D eigenvalue weighted by Gasteiger charge is -2.32. The number of aromatic amines is 1. The van der Waals surface area contributed by atoms with Gasteiger partial charge in [-0.2, -0.15) is 5.10 Å². The van der Waals surface area contributed by atoms with E-state index in [-0.39, 0.29) is 24.3 Å². The molecule has 6 nitrogen and oxygen atoms in total. The van der Waals surface area contributed by atoms with E-state index in [9.17, 15) is 13.6 Å². The number of aryl methyl sites for hydroxylation is 1. The fourth-order valence-corrected chi connectivity index (χ4v) is 4.57. The molecule has 0 spiro atoms. The summed E-state index contributed by atoms with van der Waals surface area (Å²) < 4.78 is 29.4. The third-order valence-electron chi connectivity index (χ3n) is 6.48. The zero-order valence-corrected chi connectivity index (χ0v) is 18.2. The standard InChI is InChI=1S/C25H25F2N5O/c26-20-3-1-2-18(25(20)27)4-7-24(33)31-11-8-17(9-12-31)16-32-13-10-22-23(32)6-5-21(30-22)19-14-28-29-15-19/h1-3,5-6,10,13-15,17H,4,7-9,11-12,16H2,(H,28,29). The first kappa shape index (κ1) is 21.3. The molecule has 0 aliphatic carbocycles. The third-order valence-corrected chi connectivity index (χ3v) is 6.48. The summed E-state index contributed by atoms with van der Waals surface area (Å²) in [5, 5.41) is 6.80. The zero-order chi connectivity index (χ0) is 22.8. The second kappa shape index (κ2) is 9.13. The highest BCUT2D eigenvalue weighted by molar-refractivity contribution is 5.79. The predicted octanol–water partition coefficient (Wildman–Crippen LogP) is 4.58. The van der Waals surface area contributed by atoms with E-state index in [4.69, 9.17) is 4.98 Å². The van der Waals surface area contributed by atoms with Gasteiger partial charge in [-0.3, -0.25) is 9.89 Å². The molecule has 3 aromatic heterocycles. The molecule has 8 heteroatoms. The molecule has 5 rings (SSSR count). The number of likely N-dealkylation sites (tertiary alicyclic amines) is 1. The van der Waals surface area contributed by atoms with Gasteiger partial charge in [0.1, 0.15) is 0 Å². The van der Waals surface area contributed by atoms with Crippen LogP contribution in [0.2, 0.25) is 0 Å². The van der Waals surface area contributed by atoms with E-state index >= 15 is 0 Å². The maximum atomic E-state index is 13.8. The van der Waals surface area contributed by atoms with Crippen LogP contribution in [0.15, 0.2) is 55.0 Å². The number of hydrogen-bond donors (Lipinski definition) is 1. The molecule has 1 N–H and O–H groups in total. The van der Waals surface area contributed by atoms with Crippen molar-refractivity contribution < 1.29 is 13.6 Å². The molecular weight excluding hydrogens is 424 g/mol. The number of pyridine rings is 1. The second-order valence-corrected chi connectivity index (χ2v) is 8.59. The van der Waals surface area contributed by atoms with E-state index in [1.807, 2.05) is 23.2 Å². The van der Waals surface area contributed by atoms with Crippen molar-refractivity contribution in [3.8, 4) is 11.3 Å². The van der Waals surface area contributed by atoms with Crippen LogP contribution in [0.3, 0.4) is 0 Å². The minimum Gasteiger partial charge on any atom is -0.346 e. The van der Waals surface area contributed by atoms with Gasteiger partial charge in [0, 0.05) is 44.0 Å². The summed E-state index contributed by atoms with van der Waals surface area (Å²) in [6, 6.07) is 10.2. The topological polar surface area (TPSA) is 66.8 Å². The average molecular weight is 450 g/mol. The highest BCUT2D eigenvalue weighted by Crippen LogP contribution is 2.25. The Morgan fingerprint density at radius 1 is 1.12 bits per heavy atom. The van der Waals surface area contributed by atoms with Crippen molar-refractivity contribution in [3.63, 3.8) is 0 Å². The van der Waals surface area contributed by atoms with Crippen molar-refractivity contribution in [1.82, 2.24) is 24.6 Å². The molecule has 1 fully saturated rings. The van der Waals surface area contributed by atoms with Gasteiger partial charge in [0.05, 0.1) is 22.9 Å². The average Bonchev–Trinajstić information content (AvgIpc) is 3.51. The van der Waals surface area contributed by atoms with Gasteiger partial charge < -0.3 is 9.47 Å². The van der Waals surface area contributed by atoms with Crippen LogP contribution in [0.25, 0.3) is 22.3 Å². The lowest BCUT2D eigenvalue weighted by atomic mass is 9.96. The summed E-state index contributed by atoms with van der Waals surface area (Å²) >= 11 is 0. The summed E-state index contributed by atoms with van der Waals surface area (Å²) in [6.07, 6.45) is 7.90. The van der Waals surface area contributed by atoms with Crippen LogP contribution in [-0.2, 0) is 17.8 Å². The van der Waals surface area contributed by atoms with Crippen LogP contribution in [0.4, 0.5) is 8.78 Å². The van der Waals surface area contributed by atoms with Crippen molar-refractivity contribution in [2.75, 3.05) is 13.1 Å². The van der Waals surface area contributed by atoms with Gasteiger partial charge in [-0.25, -0.2) is 13.8 Å². The number of nitrogens with one attached hydrogen (secondary N) is 1. The number of piperidine rings is 1. The minimum absolute atomic E-state index is 0.000462. The number of carbonyl (C=O) groups is 1. The number of benzene rings is 1. The Labute approximate surface area is 190 Å². The van der Waals surface area contributed by atoms with E-state index in [1.165, 1.54) is 12.1 Å². The van der Waals surface area contributed by atoms with E-state index in [2.05, 4.69) is 27.0 Å². The molecule has 1 saturated heterocycles. The molecule has 1 aromatic carbocycles. The molecular formula is C25H25F2N5O. The first-order valence-corrected chi connectivity index (χ1v) is 11.2. The number of halogens is 2. The summed E-state index contributed by atoms with van der Waals surface area (Å²) in [5.74, 6) is -1.25. The molecule has 1 aliphatic heterocycles. The Balaban J connectivity index is 1.16. The van der Waals surface area contributed by atoms with Crippen molar-refractivity contribution in [3.05, 3.63) is 72.2 Å². The number of rotatable bonds is 6. The molecule has 0 unspecified atom stereocenters. The molecule has 0 saturated carbocycles. The number of carbonyl (C=O) groups excluding carboxylic acids is 1. The molecule has 1 amide bonds. The Morgan fingerprint density at radius 2 is 1.97 bits per heavy atom. The Hall–Kier alpha value is -3.55. The second-order valence-electron chi connectivity index (χ2n) is 8.59. The number of H-pyrrole nitrogens is 1. The molecule has 0 atom stereocenters. The summed E-state index contributed by atoms with van der Waals surface area (Å²) in [4.78, 5) is 19.2. The molecule has 0 radical (unpaired) electrons. The minimum atomic E-state index is -0.869. The lowest BCUT2D eigenvalue weighted by Crippen LogP contribution is -2.39. The van der Waals surface area contributed by atoms with Gasteiger partial charge >= 0.3 is 0 Å². The number of hydrogen-bond acceptors (Lipinski definition) is 3. The highest BCUT2D eigenvalue weighted by Gasteiger charge is 2.23. The summed E-state index contributed by atoms with van der Waals surface area (Å²) in [7, 11) is 0. The lowest BCUT2D eigenvalue weighted by molar-refractivity contribution is -0.132. The third kappa shape index (κ3) is 4.51. The molecule has 0 bridgehead atoms. The fourth-order valence-electron chi connectivity index (χ4n) is 4.57. The summed E-state index contributed by atoms with van der Waals surface area (Å²) in [5.41, 5.74) is 4.15. The van der Waals surface area contributed by atoms with Gasteiger partial charge in [0.25, 0.3) is 0 Å². The first-order chi connectivity index (χ1) is 16.1. The first-order valence-electron chi connectivity index (χ1n) is 11.2. The zero-order valence-electron chi connectivity index (χ0n) is 18.2. The van der Waals surface area contributed by atoms with Gasteiger partial charge in [-0.05, 0) is 55.0 Å². The predicted molar refractivity (Wildman–Crippen MR) is 121 cm³/mol. The van der Waals surface area contributed by atoms with Gasteiger partial charge in [0.15, 0.2) is 11.6 Å². The van der Waals surface area contributed by atoms with Crippen LogP contribution < -0.4 is 0 Å². The van der Waals surface area contributed by atoms with E-state index in [0.29, 0.717) is 19.0 Å². The normalized spacial score (nSPS) is 14.8. The van der Waals surface area contributed by atoms with E-state index in [1.54, 1.807) is 6.20 Å². The van der Waals surface area contributed by atoms with Crippen molar-refractivity contribution in [2.45, 2.75) is 32.2 Å². The number of fused-ring (bicyclic) bond motifs is 1. The molecule has 33 heavy (non-hydrogen) atoms. The van der Waals surface area contributed by atoms with E-state index in [0.717, 1.165) is 47.7 Å². The smallest absolute Gasteiger partial charge is 0.222 e. The van der Waals surface area contributed by atoms with Crippen molar-refractivity contribution in [2.24, 2.45) is 5.92 Å². The van der Waals surface area contributed by atoms with E-state index < -0.39 is 11.6 Å². The largest absolute Gasteiger partial charge is 0.346 e. The quantitative estimate of drug-likeness (QED) is 0.469. The van der Waals surface area contributed by atoms with Gasteiger partial charge in [0.2, 0.25) is 5.91 Å². The fraction of sp³-hybridized carbons (Fsp3) is 0.320. The maximum Gasteiger partial charge on any atom is 0.222 e. The Morgan fingerprint density at radius 3 is 2.76 bits per heavy atom. The number of aromatic nitrogens is 4. The maximum absolute atomic E-state index is 13.8. The Bertz CT molecular complexity index is 1260. The van der Waals surface area contributed by atoms with Crippen LogP contribution in [0, 0.1) is 17.6 Å². The van der Waals surface area contributed by atoms with Crippen molar-refractivity contribution >= 4 is 16.9 Å².